The molecule has 1 aromatic rings. The maximum Gasteiger partial charge on any atom is 0.230 e. The Morgan fingerprint density at radius 3 is 2.64 bits per heavy atom. The summed E-state index contributed by atoms with van der Waals surface area (Å²) in [5.74, 6) is -0.111. The van der Waals surface area contributed by atoms with Gasteiger partial charge in [-0.15, -0.1) is 0 Å². The molecule has 1 amide bonds. The van der Waals surface area contributed by atoms with Crippen LogP contribution in [0.25, 0.3) is 0 Å². The lowest BCUT2D eigenvalue weighted by atomic mass is 10.4. The van der Waals surface area contributed by atoms with E-state index in [4.69, 9.17) is 5.26 Å². The van der Waals surface area contributed by atoms with Crippen LogP contribution in [0.15, 0.2) is 35.2 Å². The Balaban J connectivity index is 2.66. The van der Waals surface area contributed by atoms with Crippen LogP contribution in [0, 0.1) is 11.3 Å². The van der Waals surface area contributed by atoms with Crippen molar-refractivity contribution in [1.82, 2.24) is 4.31 Å². The van der Waals surface area contributed by atoms with Gasteiger partial charge in [0.1, 0.15) is 6.54 Å². The molecule has 0 saturated heterocycles. The van der Waals surface area contributed by atoms with Crippen LogP contribution < -0.4 is 0 Å². The van der Waals surface area contributed by atoms with E-state index in [0.717, 1.165) is 4.90 Å². The number of carbonyl (C=O) groups excluding carboxylic acids is 1. The van der Waals surface area contributed by atoms with E-state index in [-0.39, 0.29) is 12.5 Å². The third-order valence-corrected chi connectivity index (χ3v) is 2.61. The highest BCUT2D eigenvalue weighted by Gasteiger charge is 2.09. The highest BCUT2D eigenvalue weighted by atomic mass is 32.2. The zero-order valence-corrected chi connectivity index (χ0v) is 8.62. The molecule has 0 aliphatic rings. The highest BCUT2D eigenvalue weighted by molar-refractivity contribution is 7.97. The molecule has 1 aromatic carbocycles. The summed E-state index contributed by atoms with van der Waals surface area (Å²) in [7, 11) is 0. The molecule has 4 heteroatoms. The molecule has 0 spiro atoms. The van der Waals surface area contributed by atoms with E-state index in [9.17, 15) is 4.79 Å². The molecule has 0 heterocycles. The molecular weight excluding hydrogens is 196 g/mol. The molecule has 0 aliphatic heterocycles. The first-order valence-electron chi connectivity index (χ1n) is 4.12. The Labute approximate surface area is 87.5 Å². The molecule has 0 bridgehead atoms. The molecule has 0 saturated carbocycles. The van der Waals surface area contributed by atoms with Crippen LogP contribution in [0.5, 0.6) is 0 Å². The van der Waals surface area contributed by atoms with Crippen LogP contribution in [-0.4, -0.2) is 16.8 Å². The van der Waals surface area contributed by atoms with Gasteiger partial charge in [-0.3, -0.25) is 9.10 Å². The fraction of sp³-hybridized carbons (Fsp3) is 0.200. The van der Waals surface area contributed by atoms with Crippen molar-refractivity contribution in [3.8, 4) is 6.07 Å². The summed E-state index contributed by atoms with van der Waals surface area (Å²) >= 11 is 1.28. The average Bonchev–Trinajstić information content (AvgIpc) is 2.18. The Bertz CT molecular complexity index is 345. The van der Waals surface area contributed by atoms with E-state index in [2.05, 4.69) is 0 Å². The van der Waals surface area contributed by atoms with Crippen LogP contribution in [-0.2, 0) is 4.79 Å². The second kappa shape index (κ2) is 5.30. The predicted octanol–water partition coefficient (Wildman–Crippen LogP) is 2.07. The smallest absolute Gasteiger partial charge is 0.230 e. The fourth-order valence-corrected chi connectivity index (χ4v) is 1.66. The lowest BCUT2D eigenvalue weighted by Gasteiger charge is -2.15. The number of carbonyl (C=O) groups is 1. The van der Waals surface area contributed by atoms with Crippen molar-refractivity contribution in [1.29, 1.82) is 5.26 Å². The Hall–Kier alpha value is -1.47. The van der Waals surface area contributed by atoms with Crippen LogP contribution in [0.1, 0.15) is 6.92 Å². The van der Waals surface area contributed by atoms with Gasteiger partial charge in [0.25, 0.3) is 0 Å². The van der Waals surface area contributed by atoms with E-state index in [0.29, 0.717) is 0 Å². The molecule has 0 atom stereocenters. The maximum atomic E-state index is 11.1. The summed E-state index contributed by atoms with van der Waals surface area (Å²) in [5.41, 5.74) is 0. The van der Waals surface area contributed by atoms with Gasteiger partial charge >= 0.3 is 0 Å². The lowest BCUT2D eigenvalue weighted by Crippen LogP contribution is -2.21. The fourth-order valence-electron chi connectivity index (χ4n) is 0.881. The van der Waals surface area contributed by atoms with Gasteiger partial charge < -0.3 is 0 Å². The molecule has 72 valence electrons. The summed E-state index contributed by atoms with van der Waals surface area (Å²) in [6, 6.07) is 11.5. The topological polar surface area (TPSA) is 44.1 Å². The first-order valence-corrected chi connectivity index (χ1v) is 4.89. The normalized spacial score (nSPS) is 9.14. The van der Waals surface area contributed by atoms with Crippen molar-refractivity contribution < 1.29 is 4.79 Å². The van der Waals surface area contributed by atoms with Crippen LogP contribution in [0.4, 0.5) is 0 Å². The van der Waals surface area contributed by atoms with Crippen molar-refractivity contribution >= 4 is 17.9 Å². The molecule has 0 unspecified atom stereocenters. The summed E-state index contributed by atoms with van der Waals surface area (Å²) in [6.07, 6.45) is 0. The van der Waals surface area contributed by atoms with Gasteiger partial charge in [-0.1, -0.05) is 18.2 Å². The molecule has 1 rings (SSSR count). The summed E-state index contributed by atoms with van der Waals surface area (Å²) in [5, 5.41) is 8.51. The van der Waals surface area contributed by atoms with E-state index in [1.807, 2.05) is 36.4 Å². The quantitative estimate of drug-likeness (QED) is 0.561. The summed E-state index contributed by atoms with van der Waals surface area (Å²) in [4.78, 5) is 12.0. The lowest BCUT2D eigenvalue weighted by molar-refractivity contribution is -0.123. The number of benzene rings is 1. The number of hydrogen-bond donors (Lipinski definition) is 0. The third-order valence-electron chi connectivity index (χ3n) is 1.52. The number of nitriles is 1. The first-order chi connectivity index (χ1) is 6.74. The molecule has 3 nitrogen and oxygen atoms in total. The van der Waals surface area contributed by atoms with Crippen LogP contribution in [0.2, 0.25) is 0 Å². The number of nitrogens with zero attached hydrogens (tertiary/aromatic N) is 2. The van der Waals surface area contributed by atoms with E-state index < -0.39 is 0 Å². The standard InChI is InChI=1S/C10H10N2OS/c1-9(13)12(8-7-11)14-10-5-3-2-4-6-10/h2-6H,8H2,1H3. The van der Waals surface area contributed by atoms with Crippen LogP contribution >= 0.6 is 11.9 Å². The minimum Gasteiger partial charge on any atom is -0.274 e. The van der Waals surface area contributed by atoms with Gasteiger partial charge in [-0.05, 0) is 24.1 Å². The van der Waals surface area contributed by atoms with Gasteiger partial charge in [0.2, 0.25) is 5.91 Å². The monoisotopic (exact) mass is 206 g/mol. The van der Waals surface area contributed by atoms with Crippen molar-refractivity contribution in [2.75, 3.05) is 6.54 Å². The number of amides is 1. The number of rotatable bonds is 3. The maximum absolute atomic E-state index is 11.1. The van der Waals surface area contributed by atoms with Gasteiger partial charge in [0, 0.05) is 11.8 Å². The first kappa shape index (κ1) is 10.6. The van der Waals surface area contributed by atoms with Gasteiger partial charge in [0.15, 0.2) is 0 Å². The average molecular weight is 206 g/mol. The summed E-state index contributed by atoms with van der Waals surface area (Å²) in [6.45, 7) is 1.56. The zero-order chi connectivity index (χ0) is 10.4. The van der Waals surface area contributed by atoms with Gasteiger partial charge in [-0.25, -0.2) is 0 Å². The van der Waals surface area contributed by atoms with E-state index >= 15 is 0 Å². The molecule has 0 N–H and O–H groups in total. The van der Waals surface area contributed by atoms with Crippen molar-refractivity contribution in [2.45, 2.75) is 11.8 Å². The van der Waals surface area contributed by atoms with Gasteiger partial charge in [-0.2, -0.15) is 5.26 Å². The van der Waals surface area contributed by atoms with Gasteiger partial charge in [0.05, 0.1) is 6.07 Å². The summed E-state index contributed by atoms with van der Waals surface area (Å²) < 4.78 is 1.43. The highest BCUT2D eigenvalue weighted by Crippen LogP contribution is 2.21. The Morgan fingerprint density at radius 2 is 2.14 bits per heavy atom. The minimum atomic E-state index is -0.111. The van der Waals surface area contributed by atoms with E-state index in [1.165, 1.54) is 23.2 Å². The van der Waals surface area contributed by atoms with Crippen molar-refractivity contribution in [3.63, 3.8) is 0 Å². The second-order valence-electron chi connectivity index (χ2n) is 2.62. The molecule has 0 radical (unpaired) electrons. The number of hydrogen-bond acceptors (Lipinski definition) is 3. The Morgan fingerprint density at radius 1 is 1.50 bits per heavy atom. The molecule has 14 heavy (non-hydrogen) atoms. The SMILES string of the molecule is CC(=O)N(CC#N)Sc1ccccc1. The van der Waals surface area contributed by atoms with Crippen molar-refractivity contribution in [2.24, 2.45) is 0 Å². The predicted molar refractivity (Wildman–Crippen MR) is 55.3 cm³/mol. The minimum absolute atomic E-state index is 0.106. The molecular formula is C10H10N2OS. The largest absolute Gasteiger partial charge is 0.274 e. The van der Waals surface area contributed by atoms with Crippen molar-refractivity contribution in [3.05, 3.63) is 30.3 Å². The van der Waals surface area contributed by atoms with E-state index in [1.54, 1.807) is 0 Å². The molecule has 0 aliphatic carbocycles. The Kier molecular flexibility index (Phi) is 4.02. The molecule has 0 aromatic heterocycles. The third kappa shape index (κ3) is 3.11. The van der Waals surface area contributed by atoms with Crippen LogP contribution in [0.3, 0.4) is 0 Å². The second-order valence-corrected chi connectivity index (χ2v) is 3.71. The molecule has 0 fully saturated rings. The zero-order valence-electron chi connectivity index (χ0n) is 7.80.